The zero-order chi connectivity index (χ0) is 40.7. The summed E-state index contributed by atoms with van der Waals surface area (Å²) in [5.41, 5.74) is 0. The van der Waals surface area contributed by atoms with Gasteiger partial charge in [-0.25, -0.2) is 8.88 Å². The summed E-state index contributed by atoms with van der Waals surface area (Å²) in [7, 11) is -0.344. The molecule has 0 heterocycles. The Morgan fingerprint density at radius 3 is 0.930 bits per heavy atom. The molecular formula is C49H63N4P4+. The third kappa shape index (κ3) is 12.4. The number of nitrogens with zero attached hydrogens (tertiary/aromatic N) is 3. The normalized spacial score (nSPS) is 12.9. The Balaban J connectivity index is 0.000000252. The lowest BCUT2D eigenvalue weighted by atomic mass is 10.4. The van der Waals surface area contributed by atoms with Crippen molar-refractivity contribution in [1.29, 1.82) is 0 Å². The number of rotatable bonds is 16. The first-order valence-electron chi connectivity index (χ1n) is 20.2. The predicted octanol–water partition coefficient (Wildman–Crippen LogP) is 11.2. The molecule has 0 saturated heterocycles. The summed E-state index contributed by atoms with van der Waals surface area (Å²) in [6.07, 6.45) is 0. The van der Waals surface area contributed by atoms with Gasteiger partial charge in [0.15, 0.2) is 0 Å². The third-order valence-corrected chi connectivity index (χ3v) is 21.3. The molecule has 298 valence electrons. The Morgan fingerprint density at radius 2 is 0.649 bits per heavy atom. The summed E-state index contributed by atoms with van der Waals surface area (Å²) in [4.78, 5) is 0. The zero-order valence-corrected chi connectivity index (χ0v) is 38.8. The van der Waals surface area contributed by atoms with Crippen molar-refractivity contribution in [3.05, 3.63) is 182 Å². The maximum Gasteiger partial charge on any atom is 1.00 e. The van der Waals surface area contributed by atoms with Gasteiger partial charge in [0.1, 0.15) is 0 Å². The van der Waals surface area contributed by atoms with Gasteiger partial charge >= 0.3 is 1.43 Å². The first kappa shape index (κ1) is 45.0. The van der Waals surface area contributed by atoms with Gasteiger partial charge in [0, 0.05) is 50.9 Å². The molecule has 4 nitrogen and oxygen atoms in total. The molecule has 0 fully saturated rings. The van der Waals surface area contributed by atoms with E-state index in [0.29, 0.717) is 24.2 Å². The highest BCUT2D eigenvalue weighted by molar-refractivity contribution is 7.81. The molecule has 57 heavy (non-hydrogen) atoms. The van der Waals surface area contributed by atoms with E-state index < -0.39 is 32.6 Å². The Bertz CT molecular complexity index is 1900. The van der Waals surface area contributed by atoms with Gasteiger partial charge in [-0.05, 0) is 83.7 Å². The van der Waals surface area contributed by atoms with Crippen LogP contribution in [0.3, 0.4) is 0 Å². The van der Waals surface area contributed by atoms with Gasteiger partial charge in [-0.15, -0.1) is 0 Å². The molecule has 2 atom stereocenters. The van der Waals surface area contributed by atoms with E-state index in [9.17, 15) is 0 Å². The van der Waals surface area contributed by atoms with Crippen LogP contribution in [0.2, 0.25) is 0 Å². The highest BCUT2D eigenvalue weighted by Crippen LogP contribution is 2.58. The highest BCUT2D eigenvalue weighted by atomic mass is 31.2. The largest absolute Gasteiger partial charge is 1.00 e. The van der Waals surface area contributed by atoms with E-state index >= 15 is 0 Å². The van der Waals surface area contributed by atoms with E-state index in [1.54, 1.807) is 0 Å². The molecule has 6 aromatic rings. The minimum Gasteiger partial charge on any atom is -0.277 e. The minimum absolute atomic E-state index is 0. The van der Waals surface area contributed by atoms with Crippen molar-refractivity contribution < 1.29 is 1.43 Å². The van der Waals surface area contributed by atoms with Crippen LogP contribution in [0.5, 0.6) is 0 Å². The highest BCUT2D eigenvalue weighted by Gasteiger charge is 2.36. The van der Waals surface area contributed by atoms with E-state index in [2.05, 4.69) is 263 Å². The monoisotopic (exact) mass is 831 g/mol. The van der Waals surface area contributed by atoms with Crippen LogP contribution in [0.25, 0.3) is 0 Å². The molecule has 0 saturated carbocycles. The molecule has 0 aliphatic heterocycles. The molecule has 8 heteroatoms. The average Bonchev–Trinajstić information content (AvgIpc) is 3.23. The van der Waals surface area contributed by atoms with Crippen molar-refractivity contribution in [3.63, 3.8) is 0 Å². The fourth-order valence-electron chi connectivity index (χ4n) is 6.42. The fraction of sp³-hybridized carbons (Fsp3) is 0.265. The minimum atomic E-state index is -0.673. The van der Waals surface area contributed by atoms with Crippen molar-refractivity contribution in [2.45, 2.75) is 79.6 Å². The standard InChI is InChI=1S/C25H32N2P2.C24H30N2P2/c1-21(2)26(5)29(25-19-13-8-14-20-25)27(22(3)4)28(23-15-9-6-10-16-23)24-17-11-7-12-18-24;1-20(2)25-28(24-18-12-7-13-19-24)26(21(3)4)27(22-14-8-5-9-15-22)23-16-10-6-11-17-23/h6-22H,1-5H3;5-21,25H,1-4H3/p+1. The van der Waals surface area contributed by atoms with E-state index in [-0.39, 0.29) is 1.43 Å². The van der Waals surface area contributed by atoms with E-state index in [1.165, 1.54) is 31.8 Å². The summed E-state index contributed by atoms with van der Waals surface area (Å²) < 4.78 is 8.07. The van der Waals surface area contributed by atoms with Crippen molar-refractivity contribution in [2.75, 3.05) is 7.05 Å². The van der Waals surface area contributed by atoms with Crippen LogP contribution < -0.4 is 36.9 Å². The number of nitrogens with one attached hydrogen (secondary N) is 1. The molecule has 1 N–H and O–H groups in total. The Morgan fingerprint density at radius 1 is 0.368 bits per heavy atom. The van der Waals surface area contributed by atoms with Gasteiger partial charge in [-0.1, -0.05) is 182 Å². The maximum atomic E-state index is 3.90. The van der Waals surface area contributed by atoms with Crippen molar-refractivity contribution >= 4 is 64.4 Å². The summed E-state index contributed by atoms with van der Waals surface area (Å²) in [6, 6.07) is 67.7. The second-order valence-electron chi connectivity index (χ2n) is 15.0. The summed E-state index contributed by atoms with van der Waals surface area (Å²) >= 11 is 0. The number of benzene rings is 6. The van der Waals surface area contributed by atoms with Crippen LogP contribution in [0.4, 0.5) is 0 Å². The van der Waals surface area contributed by atoms with Gasteiger partial charge < -0.3 is 0 Å². The van der Waals surface area contributed by atoms with Crippen molar-refractivity contribution in [1.82, 2.24) is 18.6 Å². The van der Waals surface area contributed by atoms with E-state index in [4.69, 9.17) is 0 Å². The Kier molecular flexibility index (Phi) is 18.0. The summed E-state index contributed by atoms with van der Waals surface area (Å²) in [5, 5.41) is 12.3. The summed E-state index contributed by atoms with van der Waals surface area (Å²) in [5.74, 6) is 0. The SMILES string of the molecule is CC(C)N(C)P(c1ccccc1)N(C(C)C)P(c1ccccc1)c1ccccc1.CC(C)NP(c1ccccc1)N(C(C)C)P(c1ccccc1)c1ccccc1.[H+]. The molecule has 0 radical (unpaired) electrons. The number of hydrogen-bond acceptors (Lipinski definition) is 4. The molecular weight excluding hydrogens is 768 g/mol. The lowest BCUT2D eigenvalue weighted by Gasteiger charge is -2.46. The van der Waals surface area contributed by atoms with Crippen LogP contribution in [-0.4, -0.2) is 44.8 Å². The second-order valence-corrected chi connectivity index (χ2v) is 23.8. The van der Waals surface area contributed by atoms with E-state index in [1.807, 2.05) is 0 Å². The van der Waals surface area contributed by atoms with Crippen LogP contribution in [0, 0.1) is 0 Å². The molecule has 0 bridgehead atoms. The van der Waals surface area contributed by atoms with Crippen molar-refractivity contribution in [3.8, 4) is 0 Å². The molecule has 2 unspecified atom stereocenters. The van der Waals surface area contributed by atoms with Gasteiger partial charge in [0.25, 0.3) is 0 Å². The lowest BCUT2D eigenvalue weighted by molar-refractivity contribution is 0.426. The van der Waals surface area contributed by atoms with Crippen LogP contribution in [-0.2, 0) is 0 Å². The Hall–Kier alpha value is -3.12. The topological polar surface area (TPSA) is 21.8 Å². The molecule has 0 aliphatic carbocycles. The second kappa shape index (κ2) is 22.9. The van der Waals surface area contributed by atoms with Crippen LogP contribution in [0.1, 0.15) is 56.8 Å². The van der Waals surface area contributed by atoms with Crippen LogP contribution >= 0.6 is 32.6 Å². The first-order chi connectivity index (χ1) is 27.6. The Labute approximate surface area is 351 Å². The molecule has 0 spiro atoms. The lowest BCUT2D eigenvalue weighted by Crippen LogP contribution is -2.39. The molecule has 6 aromatic carbocycles. The zero-order valence-electron chi connectivity index (χ0n) is 36.3. The average molecular weight is 832 g/mol. The van der Waals surface area contributed by atoms with Gasteiger partial charge in [-0.2, -0.15) is 0 Å². The van der Waals surface area contributed by atoms with Crippen molar-refractivity contribution in [2.24, 2.45) is 0 Å². The maximum absolute atomic E-state index is 3.90. The molecule has 6 rings (SSSR count). The summed E-state index contributed by atoms with van der Waals surface area (Å²) in [6.45, 7) is 18.4. The number of hydrogen-bond donors (Lipinski definition) is 1. The molecule has 0 aromatic heterocycles. The predicted molar refractivity (Wildman–Crippen MR) is 260 cm³/mol. The van der Waals surface area contributed by atoms with E-state index in [0.717, 1.165) is 0 Å². The van der Waals surface area contributed by atoms with Gasteiger partial charge in [-0.3, -0.25) is 9.76 Å². The smallest absolute Gasteiger partial charge is 0.277 e. The fourth-order valence-corrected chi connectivity index (χ4v) is 18.6. The van der Waals surface area contributed by atoms with Gasteiger partial charge in [0.2, 0.25) is 0 Å². The quantitative estimate of drug-likeness (QED) is 0.0981. The van der Waals surface area contributed by atoms with Crippen LogP contribution in [0.15, 0.2) is 182 Å². The third-order valence-electron chi connectivity index (χ3n) is 9.15. The van der Waals surface area contributed by atoms with Gasteiger partial charge in [0.05, 0.1) is 16.4 Å². The first-order valence-corrected chi connectivity index (χ1v) is 25.3. The molecule has 0 amide bonds. The molecule has 0 aliphatic rings.